The Balaban J connectivity index is 1.60. The predicted molar refractivity (Wildman–Crippen MR) is 109 cm³/mol. The van der Waals surface area contributed by atoms with Gasteiger partial charge in [0, 0.05) is 30.2 Å². The number of hydrogen-bond acceptors (Lipinski definition) is 4. The third kappa shape index (κ3) is 4.60. The third-order valence-corrected chi connectivity index (χ3v) is 5.63. The maximum Gasteiger partial charge on any atom is 0.416 e. The molecule has 1 aliphatic heterocycles. The predicted octanol–water partition coefficient (Wildman–Crippen LogP) is 3.72. The van der Waals surface area contributed by atoms with Crippen LogP contribution >= 0.6 is 0 Å². The van der Waals surface area contributed by atoms with E-state index < -0.39 is 29.9 Å². The van der Waals surface area contributed by atoms with E-state index in [4.69, 9.17) is 4.74 Å². The van der Waals surface area contributed by atoms with Gasteiger partial charge >= 0.3 is 6.18 Å². The molecular weight excluding hydrogens is 411 g/mol. The number of allylic oxidation sites excluding steroid dienone is 1. The first kappa shape index (κ1) is 21.4. The minimum absolute atomic E-state index is 0.112. The zero-order chi connectivity index (χ0) is 22.2. The molecule has 1 aliphatic carbocycles. The molecule has 2 aromatic rings. The van der Waals surface area contributed by atoms with E-state index >= 15 is 0 Å². The van der Waals surface area contributed by atoms with E-state index in [9.17, 15) is 28.2 Å². The summed E-state index contributed by atoms with van der Waals surface area (Å²) >= 11 is 0. The SMILES string of the molecule is O=C(/C=C1\CCCOc2cc(C(F)(F)F)ccc21)Nc1cccc2c1CC(O)C(O)C2. The quantitative estimate of drug-likeness (QED) is 0.631. The fraction of sp³-hybridized carbons (Fsp3) is 0.348. The Kier molecular flexibility index (Phi) is 5.77. The molecule has 2 aliphatic rings. The minimum Gasteiger partial charge on any atom is -0.493 e. The van der Waals surface area contributed by atoms with E-state index in [2.05, 4.69) is 5.32 Å². The van der Waals surface area contributed by atoms with Gasteiger partial charge in [-0.1, -0.05) is 18.2 Å². The number of anilines is 1. The van der Waals surface area contributed by atoms with E-state index in [-0.39, 0.29) is 18.8 Å². The van der Waals surface area contributed by atoms with Gasteiger partial charge in [0.2, 0.25) is 5.91 Å². The van der Waals surface area contributed by atoms with E-state index in [0.717, 1.165) is 23.3 Å². The fourth-order valence-corrected chi connectivity index (χ4v) is 4.03. The maximum absolute atomic E-state index is 13.0. The van der Waals surface area contributed by atoms with Crippen molar-refractivity contribution in [3.05, 3.63) is 64.7 Å². The number of aliphatic hydroxyl groups is 2. The number of aliphatic hydroxyl groups excluding tert-OH is 2. The normalized spacial score (nSPS) is 22.2. The number of nitrogens with one attached hydrogen (secondary N) is 1. The molecule has 0 aromatic heterocycles. The number of fused-ring (bicyclic) bond motifs is 2. The zero-order valence-corrected chi connectivity index (χ0v) is 16.6. The lowest BCUT2D eigenvalue weighted by Gasteiger charge is -2.27. The van der Waals surface area contributed by atoms with Crippen LogP contribution in [0.2, 0.25) is 0 Å². The van der Waals surface area contributed by atoms with Crippen LogP contribution in [0.1, 0.15) is 35.1 Å². The van der Waals surface area contributed by atoms with Crippen molar-refractivity contribution in [2.75, 3.05) is 11.9 Å². The molecule has 1 heterocycles. The van der Waals surface area contributed by atoms with Gasteiger partial charge in [-0.15, -0.1) is 0 Å². The van der Waals surface area contributed by atoms with Crippen LogP contribution in [0, 0.1) is 0 Å². The Morgan fingerprint density at radius 1 is 1.13 bits per heavy atom. The van der Waals surface area contributed by atoms with E-state index in [1.54, 1.807) is 12.1 Å². The maximum atomic E-state index is 13.0. The van der Waals surface area contributed by atoms with Crippen molar-refractivity contribution in [1.29, 1.82) is 0 Å². The highest BCUT2D eigenvalue weighted by molar-refractivity contribution is 6.04. The largest absolute Gasteiger partial charge is 0.493 e. The zero-order valence-electron chi connectivity index (χ0n) is 16.6. The van der Waals surface area contributed by atoms with Gasteiger partial charge < -0.3 is 20.3 Å². The number of amides is 1. The number of rotatable bonds is 2. The molecular formula is C23H22F3NO4. The van der Waals surface area contributed by atoms with Crippen LogP contribution in [0.4, 0.5) is 18.9 Å². The summed E-state index contributed by atoms with van der Waals surface area (Å²) in [6.45, 7) is 0.264. The highest BCUT2D eigenvalue weighted by atomic mass is 19.4. The summed E-state index contributed by atoms with van der Waals surface area (Å²) in [4.78, 5) is 12.7. The van der Waals surface area contributed by atoms with Crippen LogP contribution in [0.5, 0.6) is 5.75 Å². The summed E-state index contributed by atoms with van der Waals surface area (Å²) in [6.07, 6.45) is -3.26. The number of hydrogen-bond donors (Lipinski definition) is 3. The lowest BCUT2D eigenvalue weighted by Crippen LogP contribution is -2.35. The Hall–Kier alpha value is -2.84. The molecule has 2 aromatic carbocycles. The van der Waals surface area contributed by atoms with Gasteiger partial charge in [-0.05, 0) is 47.7 Å². The van der Waals surface area contributed by atoms with Crippen LogP contribution in [0.15, 0.2) is 42.5 Å². The summed E-state index contributed by atoms with van der Waals surface area (Å²) in [5, 5.41) is 22.7. The summed E-state index contributed by atoms with van der Waals surface area (Å²) in [6, 6.07) is 8.62. The topological polar surface area (TPSA) is 78.8 Å². The van der Waals surface area contributed by atoms with E-state index in [1.165, 1.54) is 12.1 Å². The van der Waals surface area contributed by atoms with Crippen LogP contribution in [-0.4, -0.2) is 34.9 Å². The average molecular weight is 433 g/mol. The molecule has 3 N–H and O–H groups in total. The minimum atomic E-state index is -4.48. The van der Waals surface area contributed by atoms with Crippen molar-refractivity contribution in [3.63, 3.8) is 0 Å². The second-order valence-corrected chi connectivity index (χ2v) is 7.81. The van der Waals surface area contributed by atoms with Crippen LogP contribution < -0.4 is 10.1 Å². The number of ether oxygens (including phenoxy) is 1. The number of halogens is 3. The van der Waals surface area contributed by atoms with Crippen molar-refractivity contribution in [2.24, 2.45) is 0 Å². The van der Waals surface area contributed by atoms with Crippen LogP contribution in [0.25, 0.3) is 5.57 Å². The molecule has 0 saturated carbocycles. The Labute approximate surface area is 177 Å². The van der Waals surface area contributed by atoms with Gasteiger partial charge in [0.15, 0.2) is 0 Å². The number of alkyl halides is 3. The van der Waals surface area contributed by atoms with Crippen molar-refractivity contribution in [1.82, 2.24) is 0 Å². The summed E-state index contributed by atoms with van der Waals surface area (Å²) in [7, 11) is 0. The van der Waals surface area contributed by atoms with Crippen LogP contribution in [-0.2, 0) is 23.8 Å². The molecule has 0 spiro atoms. The highest BCUT2D eigenvalue weighted by Gasteiger charge is 2.32. The molecule has 2 unspecified atom stereocenters. The first-order valence-corrected chi connectivity index (χ1v) is 10.1. The monoisotopic (exact) mass is 433 g/mol. The molecule has 1 amide bonds. The molecule has 0 fully saturated rings. The van der Waals surface area contributed by atoms with Gasteiger partial charge in [0.05, 0.1) is 24.4 Å². The standard InChI is InChI=1S/C23H22F3NO4/c24-23(25,26)15-6-7-16-14(4-2-8-31-21(16)11-15)10-22(30)27-18-5-1-3-13-9-19(28)20(29)12-17(13)18/h1,3,5-7,10-11,19-20,28-29H,2,4,8-9,12H2,(H,27,30)/b14-10+. The molecule has 164 valence electrons. The van der Waals surface area contributed by atoms with Gasteiger partial charge in [-0.3, -0.25) is 4.79 Å². The first-order chi connectivity index (χ1) is 14.7. The summed E-state index contributed by atoms with van der Waals surface area (Å²) < 4.78 is 44.6. The van der Waals surface area contributed by atoms with E-state index in [0.29, 0.717) is 36.1 Å². The molecule has 0 saturated heterocycles. The van der Waals surface area contributed by atoms with Gasteiger partial charge in [-0.2, -0.15) is 13.2 Å². The highest BCUT2D eigenvalue weighted by Crippen LogP contribution is 2.38. The number of benzene rings is 2. The van der Waals surface area contributed by atoms with Crippen molar-refractivity contribution in [2.45, 2.75) is 44.1 Å². The molecule has 0 radical (unpaired) electrons. The van der Waals surface area contributed by atoms with Gasteiger partial charge in [-0.25, -0.2) is 0 Å². The molecule has 0 bridgehead atoms. The second kappa shape index (κ2) is 8.36. The van der Waals surface area contributed by atoms with Gasteiger partial charge in [0.25, 0.3) is 0 Å². The molecule has 4 rings (SSSR count). The second-order valence-electron chi connectivity index (χ2n) is 7.81. The number of carbonyl (C=O) groups excluding carboxylic acids is 1. The Bertz CT molecular complexity index is 1030. The van der Waals surface area contributed by atoms with Crippen molar-refractivity contribution >= 4 is 17.2 Å². The number of carbonyl (C=O) groups is 1. The Morgan fingerprint density at radius 3 is 2.68 bits per heavy atom. The smallest absolute Gasteiger partial charge is 0.416 e. The lowest BCUT2D eigenvalue weighted by molar-refractivity contribution is -0.137. The molecule has 8 heteroatoms. The first-order valence-electron chi connectivity index (χ1n) is 10.1. The average Bonchev–Trinajstić information content (AvgIpc) is 2.90. The fourth-order valence-electron chi connectivity index (χ4n) is 4.03. The Morgan fingerprint density at radius 2 is 1.90 bits per heavy atom. The van der Waals surface area contributed by atoms with Crippen molar-refractivity contribution < 1.29 is 32.9 Å². The van der Waals surface area contributed by atoms with Gasteiger partial charge in [0.1, 0.15) is 5.75 Å². The lowest BCUT2D eigenvalue weighted by atomic mass is 9.86. The molecule has 5 nitrogen and oxygen atoms in total. The van der Waals surface area contributed by atoms with E-state index in [1.807, 2.05) is 6.07 Å². The molecule has 2 atom stereocenters. The van der Waals surface area contributed by atoms with Crippen molar-refractivity contribution in [3.8, 4) is 5.75 Å². The van der Waals surface area contributed by atoms with Crippen LogP contribution in [0.3, 0.4) is 0 Å². The summed E-state index contributed by atoms with van der Waals surface area (Å²) in [5.41, 5.74) is 2.44. The third-order valence-electron chi connectivity index (χ3n) is 5.63. The molecule has 31 heavy (non-hydrogen) atoms. The summed E-state index contributed by atoms with van der Waals surface area (Å²) in [5.74, 6) is -0.308.